The molecule has 1 atom stereocenters. The summed E-state index contributed by atoms with van der Waals surface area (Å²) in [6.45, 7) is 4.78. The molecule has 2 aliphatic rings. The number of carboxylic acids is 2. The Balaban J connectivity index is 0.000000409. The zero-order valence-corrected chi connectivity index (χ0v) is 16.1. The largest absolute Gasteiger partial charge is 0.473 e. The van der Waals surface area contributed by atoms with Crippen molar-refractivity contribution in [3.05, 3.63) is 30.1 Å². The van der Waals surface area contributed by atoms with Crippen LogP contribution < -0.4 is 0 Å². The van der Waals surface area contributed by atoms with Crippen LogP contribution in [0, 0.1) is 5.92 Å². The summed E-state index contributed by atoms with van der Waals surface area (Å²) in [7, 11) is 0. The fourth-order valence-electron chi connectivity index (χ4n) is 3.67. The van der Waals surface area contributed by atoms with Gasteiger partial charge in [0.25, 0.3) is 0 Å². The zero-order valence-electron chi connectivity index (χ0n) is 16.1. The minimum atomic E-state index is -1.82. The lowest BCUT2D eigenvalue weighted by molar-refractivity contribution is -0.159. The van der Waals surface area contributed by atoms with Crippen LogP contribution in [0.5, 0.6) is 0 Å². The lowest BCUT2D eigenvalue weighted by atomic mass is 9.96. The number of carboxylic acid groups (broad SMARTS) is 2. The van der Waals surface area contributed by atoms with Crippen LogP contribution >= 0.6 is 0 Å². The minimum Gasteiger partial charge on any atom is -0.473 e. The van der Waals surface area contributed by atoms with Crippen molar-refractivity contribution in [1.29, 1.82) is 0 Å². The highest BCUT2D eigenvalue weighted by molar-refractivity contribution is 6.27. The average molecular weight is 391 g/mol. The second-order valence-corrected chi connectivity index (χ2v) is 7.25. The van der Waals surface area contributed by atoms with Gasteiger partial charge in [-0.3, -0.25) is 14.7 Å². The number of likely N-dealkylation sites (tertiary alicyclic amines) is 2. The molecule has 0 spiro atoms. The SMILES string of the molecule is O=C(C1CCCN(Cc2ccccn2)C1)N1CCCCCC1.O=C(O)C(=O)O. The van der Waals surface area contributed by atoms with E-state index in [2.05, 4.69) is 20.9 Å². The van der Waals surface area contributed by atoms with Gasteiger partial charge in [0.05, 0.1) is 11.6 Å². The predicted octanol–water partition coefficient (Wildman–Crippen LogP) is 1.85. The molecule has 1 aromatic heterocycles. The number of pyridine rings is 1. The first-order valence-electron chi connectivity index (χ1n) is 9.84. The maximum atomic E-state index is 12.8. The molecule has 0 aromatic carbocycles. The summed E-state index contributed by atoms with van der Waals surface area (Å²) in [4.78, 5) is 39.9. The summed E-state index contributed by atoms with van der Waals surface area (Å²) in [5.74, 6) is -3.06. The number of hydrogen-bond donors (Lipinski definition) is 2. The number of hydrogen-bond acceptors (Lipinski definition) is 5. The molecule has 0 saturated carbocycles. The lowest BCUT2D eigenvalue weighted by Crippen LogP contribution is -2.45. The smallest absolute Gasteiger partial charge is 0.414 e. The Morgan fingerprint density at radius 3 is 2.21 bits per heavy atom. The molecule has 8 nitrogen and oxygen atoms in total. The second kappa shape index (κ2) is 11.4. The molecular formula is C20H29N3O5. The summed E-state index contributed by atoms with van der Waals surface area (Å²) in [5.41, 5.74) is 1.10. The summed E-state index contributed by atoms with van der Waals surface area (Å²) in [6.07, 6.45) is 8.93. The third kappa shape index (κ3) is 7.26. The quantitative estimate of drug-likeness (QED) is 0.757. The molecule has 3 heterocycles. The molecule has 1 amide bonds. The van der Waals surface area contributed by atoms with Gasteiger partial charge >= 0.3 is 11.9 Å². The van der Waals surface area contributed by atoms with E-state index in [1.165, 1.54) is 25.7 Å². The van der Waals surface area contributed by atoms with Crippen LogP contribution in [0.2, 0.25) is 0 Å². The Bertz CT molecular complexity index is 633. The van der Waals surface area contributed by atoms with Crippen LogP contribution in [0.25, 0.3) is 0 Å². The van der Waals surface area contributed by atoms with Gasteiger partial charge in [-0.15, -0.1) is 0 Å². The van der Waals surface area contributed by atoms with Gasteiger partial charge in [-0.25, -0.2) is 9.59 Å². The molecule has 0 bridgehead atoms. The predicted molar refractivity (Wildman–Crippen MR) is 103 cm³/mol. The number of amides is 1. The van der Waals surface area contributed by atoms with Crippen molar-refractivity contribution < 1.29 is 24.6 Å². The topological polar surface area (TPSA) is 111 Å². The fourth-order valence-corrected chi connectivity index (χ4v) is 3.67. The number of aromatic nitrogens is 1. The molecule has 1 unspecified atom stereocenters. The molecule has 2 N–H and O–H groups in total. The molecule has 1 aromatic rings. The van der Waals surface area contributed by atoms with Gasteiger partial charge in [-0.1, -0.05) is 18.9 Å². The Morgan fingerprint density at radius 1 is 0.964 bits per heavy atom. The molecule has 0 aliphatic carbocycles. The molecule has 3 rings (SSSR count). The van der Waals surface area contributed by atoms with E-state index in [4.69, 9.17) is 19.8 Å². The molecule has 8 heteroatoms. The van der Waals surface area contributed by atoms with Crippen molar-refractivity contribution in [3.63, 3.8) is 0 Å². The zero-order chi connectivity index (χ0) is 20.4. The third-order valence-corrected chi connectivity index (χ3v) is 5.07. The Kier molecular flexibility index (Phi) is 8.87. The number of aliphatic carboxylic acids is 2. The highest BCUT2D eigenvalue weighted by Gasteiger charge is 2.29. The van der Waals surface area contributed by atoms with E-state index in [9.17, 15) is 4.79 Å². The molecule has 2 aliphatic heterocycles. The molecule has 0 radical (unpaired) electrons. The van der Waals surface area contributed by atoms with E-state index in [0.29, 0.717) is 5.91 Å². The summed E-state index contributed by atoms with van der Waals surface area (Å²) >= 11 is 0. The van der Waals surface area contributed by atoms with Crippen LogP contribution in [0.15, 0.2) is 24.4 Å². The Labute approximate surface area is 165 Å². The Hall–Kier alpha value is -2.48. The van der Waals surface area contributed by atoms with Gasteiger partial charge in [0, 0.05) is 32.4 Å². The molecular weight excluding hydrogens is 362 g/mol. The summed E-state index contributed by atoms with van der Waals surface area (Å²) < 4.78 is 0. The summed E-state index contributed by atoms with van der Waals surface area (Å²) in [6, 6.07) is 6.05. The van der Waals surface area contributed by atoms with Crippen molar-refractivity contribution in [2.24, 2.45) is 5.92 Å². The number of carbonyl (C=O) groups is 3. The molecule has 154 valence electrons. The maximum Gasteiger partial charge on any atom is 0.414 e. The number of piperidine rings is 1. The van der Waals surface area contributed by atoms with E-state index < -0.39 is 11.9 Å². The Morgan fingerprint density at radius 2 is 1.64 bits per heavy atom. The van der Waals surface area contributed by atoms with Crippen molar-refractivity contribution in [2.75, 3.05) is 26.2 Å². The number of carbonyl (C=O) groups excluding carboxylic acids is 1. The number of nitrogens with zero attached hydrogens (tertiary/aromatic N) is 3. The van der Waals surface area contributed by atoms with Crippen LogP contribution in [-0.2, 0) is 20.9 Å². The van der Waals surface area contributed by atoms with Crippen LogP contribution in [0.3, 0.4) is 0 Å². The van der Waals surface area contributed by atoms with E-state index in [0.717, 1.165) is 51.3 Å². The first-order chi connectivity index (χ1) is 13.5. The average Bonchev–Trinajstić information content (AvgIpc) is 2.98. The molecule has 2 fully saturated rings. The van der Waals surface area contributed by atoms with Gasteiger partial charge in [-0.2, -0.15) is 0 Å². The van der Waals surface area contributed by atoms with E-state index in [1.807, 2.05) is 18.3 Å². The van der Waals surface area contributed by atoms with Crippen LogP contribution in [-0.4, -0.2) is 69.0 Å². The monoisotopic (exact) mass is 391 g/mol. The van der Waals surface area contributed by atoms with Crippen molar-refractivity contribution in [1.82, 2.24) is 14.8 Å². The van der Waals surface area contributed by atoms with E-state index >= 15 is 0 Å². The van der Waals surface area contributed by atoms with Crippen LogP contribution in [0.1, 0.15) is 44.2 Å². The second-order valence-electron chi connectivity index (χ2n) is 7.25. The van der Waals surface area contributed by atoms with E-state index in [1.54, 1.807) is 0 Å². The first-order valence-corrected chi connectivity index (χ1v) is 9.84. The maximum absolute atomic E-state index is 12.8. The van der Waals surface area contributed by atoms with Gasteiger partial charge in [0.2, 0.25) is 5.91 Å². The highest BCUT2D eigenvalue weighted by atomic mass is 16.4. The van der Waals surface area contributed by atoms with E-state index in [-0.39, 0.29) is 5.92 Å². The van der Waals surface area contributed by atoms with Gasteiger partial charge in [0.15, 0.2) is 0 Å². The van der Waals surface area contributed by atoms with Crippen molar-refractivity contribution in [2.45, 2.75) is 45.1 Å². The highest BCUT2D eigenvalue weighted by Crippen LogP contribution is 2.22. The summed E-state index contributed by atoms with van der Waals surface area (Å²) in [5, 5.41) is 14.8. The number of rotatable bonds is 3. The fraction of sp³-hybridized carbons (Fsp3) is 0.600. The molecule has 2 saturated heterocycles. The van der Waals surface area contributed by atoms with Gasteiger partial charge in [-0.05, 0) is 44.4 Å². The lowest BCUT2D eigenvalue weighted by Gasteiger charge is -2.34. The molecule has 28 heavy (non-hydrogen) atoms. The third-order valence-electron chi connectivity index (χ3n) is 5.07. The minimum absolute atomic E-state index is 0.190. The normalized spacial score (nSPS) is 20.4. The standard InChI is InChI=1S/C18H27N3O.C2H2O4/c22-18(21-12-5-1-2-6-13-21)16-8-7-11-20(14-16)15-17-9-3-4-10-19-17;3-1(4)2(5)6/h3-4,9-10,16H,1-2,5-8,11-15H2;(H,3,4)(H,5,6). The van der Waals surface area contributed by atoms with Crippen LogP contribution in [0.4, 0.5) is 0 Å². The van der Waals surface area contributed by atoms with Crippen molar-refractivity contribution in [3.8, 4) is 0 Å². The van der Waals surface area contributed by atoms with Gasteiger partial charge < -0.3 is 15.1 Å². The first kappa shape index (κ1) is 21.8. The van der Waals surface area contributed by atoms with Crippen molar-refractivity contribution >= 4 is 17.8 Å². The van der Waals surface area contributed by atoms with Gasteiger partial charge in [0.1, 0.15) is 0 Å².